The number of carbonyl (C=O) groups is 1. The SMILES string of the molecule is CCCCCCOc1ccc(C(=O)N2CCNCC2)cc1. The predicted octanol–water partition coefficient (Wildman–Crippen LogP) is 2.69. The van der Waals surface area contributed by atoms with Gasteiger partial charge in [-0.2, -0.15) is 0 Å². The molecule has 1 aliphatic rings. The van der Waals surface area contributed by atoms with Gasteiger partial charge in [0, 0.05) is 31.7 Å². The highest BCUT2D eigenvalue weighted by molar-refractivity contribution is 5.94. The molecule has 0 aromatic heterocycles. The second-order valence-electron chi connectivity index (χ2n) is 5.48. The largest absolute Gasteiger partial charge is 0.494 e. The van der Waals surface area contributed by atoms with E-state index in [1.807, 2.05) is 29.2 Å². The summed E-state index contributed by atoms with van der Waals surface area (Å²) in [5.74, 6) is 0.967. The Labute approximate surface area is 127 Å². The minimum atomic E-state index is 0.117. The van der Waals surface area contributed by atoms with Crippen molar-refractivity contribution < 1.29 is 9.53 Å². The number of nitrogens with zero attached hydrogens (tertiary/aromatic N) is 1. The van der Waals surface area contributed by atoms with Crippen molar-refractivity contribution in [3.63, 3.8) is 0 Å². The number of hydrogen-bond donors (Lipinski definition) is 1. The van der Waals surface area contributed by atoms with Crippen LogP contribution in [0.4, 0.5) is 0 Å². The summed E-state index contributed by atoms with van der Waals surface area (Å²) in [7, 11) is 0. The van der Waals surface area contributed by atoms with Crippen molar-refractivity contribution in [1.29, 1.82) is 0 Å². The Kier molecular flexibility index (Phi) is 6.54. The van der Waals surface area contributed by atoms with Crippen LogP contribution in [0.2, 0.25) is 0 Å². The van der Waals surface area contributed by atoms with E-state index < -0.39 is 0 Å². The lowest BCUT2D eigenvalue weighted by atomic mass is 10.1. The van der Waals surface area contributed by atoms with Crippen LogP contribution in [0.1, 0.15) is 43.0 Å². The Morgan fingerprint density at radius 3 is 2.52 bits per heavy atom. The maximum atomic E-state index is 12.3. The second kappa shape index (κ2) is 8.67. The molecule has 0 bridgehead atoms. The molecule has 1 fully saturated rings. The first-order chi connectivity index (χ1) is 10.3. The average molecular weight is 290 g/mol. The zero-order chi connectivity index (χ0) is 14.9. The summed E-state index contributed by atoms with van der Waals surface area (Å²) >= 11 is 0. The third kappa shape index (κ3) is 5.05. The quantitative estimate of drug-likeness (QED) is 0.785. The zero-order valence-electron chi connectivity index (χ0n) is 12.9. The van der Waals surface area contributed by atoms with E-state index in [-0.39, 0.29) is 5.91 Å². The van der Waals surface area contributed by atoms with Crippen LogP contribution in [0, 0.1) is 0 Å². The fourth-order valence-corrected chi connectivity index (χ4v) is 2.46. The summed E-state index contributed by atoms with van der Waals surface area (Å²) in [4.78, 5) is 14.2. The van der Waals surface area contributed by atoms with Crippen LogP contribution < -0.4 is 10.1 Å². The van der Waals surface area contributed by atoms with Gasteiger partial charge in [-0.25, -0.2) is 0 Å². The molecule has 4 heteroatoms. The number of ether oxygens (including phenoxy) is 1. The molecule has 0 spiro atoms. The molecule has 0 aliphatic carbocycles. The first kappa shape index (κ1) is 15.8. The number of unbranched alkanes of at least 4 members (excludes halogenated alkanes) is 3. The Morgan fingerprint density at radius 1 is 1.14 bits per heavy atom. The summed E-state index contributed by atoms with van der Waals surface area (Å²) in [5.41, 5.74) is 0.746. The number of rotatable bonds is 7. The van der Waals surface area contributed by atoms with Crippen LogP contribution in [0.3, 0.4) is 0 Å². The number of piperazine rings is 1. The van der Waals surface area contributed by atoms with E-state index in [4.69, 9.17) is 4.74 Å². The summed E-state index contributed by atoms with van der Waals surface area (Å²) in [6, 6.07) is 7.53. The lowest BCUT2D eigenvalue weighted by Crippen LogP contribution is -2.46. The molecular weight excluding hydrogens is 264 g/mol. The van der Waals surface area contributed by atoms with Gasteiger partial charge in [-0.15, -0.1) is 0 Å². The van der Waals surface area contributed by atoms with E-state index in [0.717, 1.165) is 50.5 Å². The Balaban J connectivity index is 1.79. The van der Waals surface area contributed by atoms with Crippen molar-refractivity contribution in [2.24, 2.45) is 0 Å². The molecule has 1 aromatic carbocycles. The van der Waals surface area contributed by atoms with Gasteiger partial charge in [0.25, 0.3) is 5.91 Å². The van der Waals surface area contributed by atoms with Crippen LogP contribution in [0.5, 0.6) is 5.75 Å². The van der Waals surface area contributed by atoms with Crippen LogP contribution in [-0.4, -0.2) is 43.6 Å². The van der Waals surface area contributed by atoms with Gasteiger partial charge < -0.3 is 15.0 Å². The van der Waals surface area contributed by atoms with E-state index in [1.165, 1.54) is 19.3 Å². The minimum absolute atomic E-state index is 0.117. The molecule has 0 atom stereocenters. The van der Waals surface area contributed by atoms with Crippen LogP contribution in [0.15, 0.2) is 24.3 Å². The van der Waals surface area contributed by atoms with Crippen LogP contribution in [0.25, 0.3) is 0 Å². The Morgan fingerprint density at radius 2 is 1.86 bits per heavy atom. The van der Waals surface area contributed by atoms with Gasteiger partial charge in [-0.1, -0.05) is 26.2 Å². The van der Waals surface area contributed by atoms with Gasteiger partial charge >= 0.3 is 0 Å². The maximum Gasteiger partial charge on any atom is 0.253 e. The van der Waals surface area contributed by atoms with Crippen molar-refractivity contribution in [2.75, 3.05) is 32.8 Å². The Bertz CT molecular complexity index is 425. The van der Waals surface area contributed by atoms with E-state index >= 15 is 0 Å². The molecule has 1 aromatic rings. The van der Waals surface area contributed by atoms with Crippen LogP contribution in [-0.2, 0) is 0 Å². The molecule has 116 valence electrons. The van der Waals surface area contributed by atoms with Crippen molar-refractivity contribution in [2.45, 2.75) is 32.6 Å². The third-order valence-electron chi connectivity index (χ3n) is 3.77. The third-order valence-corrected chi connectivity index (χ3v) is 3.77. The highest BCUT2D eigenvalue weighted by Crippen LogP contribution is 2.15. The number of nitrogens with one attached hydrogen (secondary N) is 1. The van der Waals surface area contributed by atoms with Crippen molar-refractivity contribution in [1.82, 2.24) is 10.2 Å². The molecule has 1 heterocycles. The average Bonchev–Trinajstić information content (AvgIpc) is 2.55. The van der Waals surface area contributed by atoms with Gasteiger partial charge in [0.15, 0.2) is 0 Å². The minimum Gasteiger partial charge on any atom is -0.494 e. The first-order valence-electron chi connectivity index (χ1n) is 8.04. The fraction of sp³-hybridized carbons (Fsp3) is 0.588. The van der Waals surface area contributed by atoms with Gasteiger partial charge in [0.1, 0.15) is 5.75 Å². The molecule has 1 amide bonds. The summed E-state index contributed by atoms with van der Waals surface area (Å²) in [6.07, 6.45) is 4.82. The van der Waals surface area contributed by atoms with E-state index in [1.54, 1.807) is 0 Å². The number of benzene rings is 1. The molecule has 2 rings (SSSR count). The van der Waals surface area contributed by atoms with Crippen LogP contribution >= 0.6 is 0 Å². The standard InChI is InChI=1S/C17H26N2O2/c1-2-3-4-5-14-21-16-8-6-15(7-9-16)17(20)19-12-10-18-11-13-19/h6-9,18H,2-5,10-14H2,1H3. The summed E-state index contributed by atoms with van der Waals surface area (Å²) in [6.45, 7) is 6.29. The highest BCUT2D eigenvalue weighted by Gasteiger charge is 2.17. The number of carbonyl (C=O) groups excluding carboxylic acids is 1. The maximum absolute atomic E-state index is 12.3. The fourth-order valence-electron chi connectivity index (χ4n) is 2.46. The lowest BCUT2D eigenvalue weighted by Gasteiger charge is -2.27. The second-order valence-corrected chi connectivity index (χ2v) is 5.48. The summed E-state index contributed by atoms with van der Waals surface area (Å²) in [5, 5.41) is 3.25. The topological polar surface area (TPSA) is 41.6 Å². The molecular formula is C17H26N2O2. The molecule has 0 radical (unpaired) electrons. The molecule has 21 heavy (non-hydrogen) atoms. The van der Waals surface area contributed by atoms with E-state index in [2.05, 4.69) is 12.2 Å². The lowest BCUT2D eigenvalue weighted by molar-refractivity contribution is 0.0736. The molecule has 0 unspecified atom stereocenters. The van der Waals surface area contributed by atoms with Crippen molar-refractivity contribution in [3.8, 4) is 5.75 Å². The molecule has 1 N–H and O–H groups in total. The van der Waals surface area contributed by atoms with Crippen molar-refractivity contribution in [3.05, 3.63) is 29.8 Å². The zero-order valence-corrected chi connectivity index (χ0v) is 12.9. The monoisotopic (exact) mass is 290 g/mol. The van der Waals surface area contributed by atoms with Gasteiger partial charge in [-0.05, 0) is 30.7 Å². The van der Waals surface area contributed by atoms with Crippen molar-refractivity contribution >= 4 is 5.91 Å². The molecule has 1 saturated heterocycles. The van der Waals surface area contributed by atoms with Gasteiger partial charge in [0.05, 0.1) is 6.61 Å². The van der Waals surface area contributed by atoms with Gasteiger partial charge in [-0.3, -0.25) is 4.79 Å². The smallest absolute Gasteiger partial charge is 0.253 e. The normalized spacial score (nSPS) is 15.0. The highest BCUT2D eigenvalue weighted by atomic mass is 16.5. The molecule has 4 nitrogen and oxygen atoms in total. The first-order valence-corrected chi connectivity index (χ1v) is 8.04. The number of hydrogen-bond acceptors (Lipinski definition) is 3. The summed E-state index contributed by atoms with van der Waals surface area (Å²) < 4.78 is 5.70. The van der Waals surface area contributed by atoms with Gasteiger partial charge in [0.2, 0.25) is 0 Å². The van der Waals surface area contributed by atoms with E-state index in [9.17, 15) is 4.79 Å². The predicted molar refractivity (Wildman–Crippen MR) is 84.9 cm³/mol. The Hall–Kier alpha value is -1.55. The number of amides is 1. The molecule has 0 saturated carbocycles. The van der Waals surface area contributed by atoms with E-state index in [0.29, 0.717) is 0 Å². The molecule has 1 aliphatic heterocycles.